The molecule has 0 spiro atoms. The number of nitriles is 2. The van der Waals surface area contributed by atoms with E-state index in [1.165, 1.54) is 0 Å². The second kappa shape index (κ2) is 8.43. The molecule has 1 heterocycles. The fourth-order valence-corrected chi connectivity index (χ4v) is 0.617. The summed E-state index contributed by atoms with van der Waals surface area (Å²) >= 11 is 0. The molecule has 0 fully saturated rings. The Kier molecular flexibility index (Phi) is 8.76. The van der Waals surface area contributed by atoms with Crippen LogP contribution in [0.3, 0.4) is 0 Å². The summed E-state index contributed by atoms with van der Waals surface area (Å²) in [5, 5.41) is 27.6. The molecular formula is C11H19ClN6. The van der Waals surface area contributed by atoms with E-state index in [0.717, 1.165) is 13.1 Å². The molecule has 0 saturated heterocycles. The van der Waals surface area contributed by atoms with Crippen molar-refractivity contribution in [2.24, 2.45) is 15.2 Å². The molecule has 1 aliphatic heterocycles. The van der Waals surface area contributed by atoms with Gasteiger partial charge in [-0.25, -0.2) is 0 Å². The van der Waals surface area contributed by atoms with Gasteiger partial charge < -0.3 is 5.32 Å². The third kappa shape index (κ3) is 9.56. The molecule has 0 atom stereocenters. The molecule has 0 bridgehead atoms. The third-order valence-electron chi connectivity index (χ3n) is 1.67. The maximum atomic E-state index is 8.58. The smallest absolute Gasteiger partial charge is 0.162 e. The highest BCUT2D eigenvalue weighted by Crippen LogP contribution is 2.13. The van der Waals surface area contributed by atoms with Gasteiger partial charge in [0.25, 0.3) is 0 Å². The van der Waals surface area contributed by atoms with E-state index in [2.05, 4.69) is 20.5 Å². The van der Waals surface area contributed by atoms with Crippen molar-refractivity contribution in [3.05, 3.63) is 0 Å². The van der Waals surface area contributed by atoms with Gasteiger partial charge in [-0.1, -0.05) is 0 Å². The molecule has 0 amide bonds. The van der Waals surface area contributed by atoms with Crippen LogP contribution in [0.15, 0.2) is 15.2 Å². The van der Waals surface area contributed by atoms with Crippen LogP contribution in [0.2, 0.25) is 0 Å². The first-order valence-electron chi connectivity index (χ1n) is 5.31. The largest absolute Gasteiger partial charge is 0.375 e. The van der Waals surface area contributed by atoms with E-state index >= 15 is 0 Å². The molecule has 7 heteroatoms. The molecule has 0 aromatic rings. The summed E-state index contributed by atoms with van der Waals surface area (Å²) in [7, 11) is 0. The number of nitrogens with zero attached hydrogens (tertiary/aromatic N) is 5. The summed E-state index contributed by atoms with van der Waals surface area (Å²) in [6.45, 7) is 8.56. The minimum Gasteiger partial charge on any atom is -0.375 e. The zero-order chi connectivity index (χ0) is 13.4. The van der Waals surface area contributed by atoms with E-state index in [-0.39, 0.29) is 12.4 Å². The fraction of sp³-hybridized carbons (Fsp3) is 0.727. The van der Waals surface area contributed by atoms with Crippen LogP contribution in [0.25, 0.3) is 0 Å². The number of rotatable bonds is 2. The zero-order valence-corrected chi connectivity index (χ0v) is 12.0. The SMILES string of the molecule is C1=NCCN1.CC(C)(C#N)N=NC(C)(C)C#N.Cl. The molecule has 0 aliphatic carbocycles. The molecule has 0 radical (unpaired) electrons. The predicted octanol–water partition coefficient (Wildman–Crippen LogP) is 2.08. The Labute approximate surface area is 114 Å². The Balaban J connectivity index is 0. The van der Waals surface area contributed by atoms with E-state index in [1.807, 2.05) is 12.1 Å². The van der Waals surface area contributed by atoms with Gasteiger partial charge in [-0.05, 0) is 27.7 Å². The average molecular weight is 271 g/mol. The second-order valence-corrected chi connectivity index (χ2v) is 4.53. The number of azo groups is 1. The highest BCUT2D eigenvalue weighted by Gasteiger charge is 2.19. The van der Waals surface area contributed by atoms with E-state index in [1.54, 1.807) is 34.0 Å². The zero-order valence-electron chi connectivity index (χ0n) is 11.1. The van der Waals surface area contributed by atoms with Gasteiger partial charge in [0.05, 0.1) is 25.0 Å². The predicted molar refractivity (Wildman–Crippen MR) is 72.8 cm³/mol. The lowest BCUT2D eigenvalue weighted by Crippen LogP contribution is -2.17. The van der Waals surface area contributed by atoms with Crippen LogP contribution in [-0.2, 0) is 0 Å². The molecular weight excluding hydrogens is 252 g/mol. The molecule has 0 aromatic carbocycles. The van der Waals surface area contributed by atoms with Crippen LogP contribution < -0.4 is 5.32 Å². The van der Waals surface area contributed by atoms with E-state index in [4.69, 9.17) is 10.5 Å². The van der Waals surface area contributed by atoms with Gasteiger partial charge >= 0.3 is 0 Å². The minimum absolute atomic E-state index is 0. The standard InChI is InChI=1S/C8H12N4.C3H6N2.ClH/c1-7(2,5-9)11-12-8(3,4)6-10;1-2-5-3-4-1;/h1-4H3;3H,1-2H2,(H,4,5);1H. The summed E-state index contributed by atoms with van der Waals surface area (Å²) in [6, 6.07) is 3.94. The number of hydrogen-bond donors (Lipinski definition) is 1. The molecule has 18 heavy (non-hydrogen) atoms. The van der Waals surface area contributed by atoms with Gasteiger partial charge in [-0.3, -0.25) is 4.99 Å². The van der Waals surface area contributed by atoms with Crippen LogP contribution in [0.4, 0.5) is 0 Å². The Hall–Kier alpha value is -1.66. The monoisotopic (exact) mass is 270 g/mol. The summed E-state index contributed by atoms with van der Waals surface area (Å²) in [4.78, 5) is 3.85. The van der Waals surface area contributed by atoms with Crippen molar-refractivity contribution in [3.63, 3.8) is 0 Å². The summed E-state index contributed by atoms with van der Waals surface area (Å²) in [6.07, 6.45) is 1.74. The maximum Gasteiger partial charge on any atom is 0.162 e. The average Bonchev–Trinajstić information content (AvgIpc) is 2.86. The van der Waals surface area contributed by atoms with Crippen molar-refractivity contribution in [1.82, 2.24) is 5.32 Å². The van der Waals surface area contributed by atoms with Gasteiger partial charge in [-0.15, -0.1) is 12.4 Å². The van der Waals surface area contributed by atoms with Crippen molar-refractivity contribution in [1.29, 1.82) is 10.5 Å². The van der Waals surface area contributed by atoms with Crippen LogP contribution in [-0.4, -0.2) is 30.5 Å². The van der Waals surface area contributed by atoms with Crippen molar-refractivity contribution in [3.8, 4) is 12.1 Å². The summed E-state index contributed by atoms with van der Waals surface area (Å²) in [5.74, 6) is 0. The van der Waals surface area contributed by atoms with E-state index in [9.17, 15) is 0 Å². The Morgan fingerprint density at radius 3 is 1.72 bits per heavy atom. The molecule has 6 nitrogen and oxygen atoms in total. The fourth-order valence-electron chi connectivity index (χ4n) is 0.617. The first-order valence-corrected chi connectivity index (χ1v) is 5.31. The summed E-state index contributed by atoms with van der Waals surface area (Å²) in [5.41, 5.74) is -1.68. The van der Waals surface area contributed by atoms with E-state index in [0.29, 0.717) is 0 Å². The van der Waals surface area contributed by atoms with Gasteiger partial charge in [0, 0.05) is 6.54 Å². The van der Waals surface area contributed by atoms with Crippen LogP contribution in [0.5, 0.6) is 0 Å². The van der Waals surface area contributed by atoms with Gasteiger partial charge in [-0.2, -0.15) is 20.8 Å². The molecule has 100 valence electrons. The number of nitrogens with one attached hydrogen (secondary N) is 1. The Morgan fingerprint density at radius 1 is 1.11 bits per heavy atom. The van der Waals surface area contributed by atoms with Crippen LogP contribution in [0.1, 0.15) is 27.7 Å². The quantitative estimate of drug-likeness (QED) is 0.778. The lowest BCUT2D eigenvalue weighted by molar-refractivity contribution is 0.541. The number of hydrogen-bond acceptors (Lipinski definition) is 6. The highest BCUT2D eigenvalue weighted by atomic mass is 35.5. The van der Waals surface area contributed by atoms with Gasteiger partial charge in [0.2, 0.25) is 0 Å². The first-order chi connectivity index (χ1) is 7.83. The van der Waals surface area contributed by atoms with Gasteiger partial charge in [0.1, 0.15) is 0 Å². The molecule has 0 saturated carbocycles. The normalized spacial score (nSPS) is 13.7. The number of aliphatic imine (C=N–C) groups is 1. The van der Waals surface area contributed by atoms with Crippen molar-refractivity contribution in [2.45, 2.75) is 38.8 Å². The maximum absolute atomic E-state index is 8.58. The van der Waals surface area contributed by atoms with Crippen LogP contribution >= 0.6 is 12.4 Å². The molecule has 0 unspecified atom stereocenters. The molecule has 0 aromatic heterocycles. The first kappa shape index (κ1) is 18.7. The van der Waals surface area contributed by atoms with Crippen LogP contribution in [0, 0.1) is 22.7 Å². The topological polar surface area (TPSA) is 96.7 Å². The van der Waals surface area contributed by atoms with E-state index < -0.39 is 11.1 Å². The minimum atomic E-state index is -0.839. The number of halogens is 1. The van der Waals surface area contributed by atoms with Crippen molar-refractivity contribution < 1.29 is 0 Å². The van der Waals surface area contributed by atoms with Crippen molar-refractivity contribution in [2.75, 3.05) is 13.1 Å². The third-order valence-corrected chi connectivity index (χ3v) is 1.67. The lowest BCUT2D eigenvalue weighted by atomic mass is 10.1. The van der Waals surface area contributed by atoms with Crippen molar-refractivity contribution >= 4 is 18.7 Å². The Morgan fingerprint density at radius 2 is 1.56 bits per heavy atom. The molecule has 1 rings (SSSR count). The second-order valence-electron chi connectivity index (χ2n) is 4.53. The highest BCUT2D eigenvalue weighted by molar-refractivity contribution is 5.85. The Bertz CT molecular complexity index is 338. The summed E-state index contributed by atoms with van der Waals surface area (Å²) < 4.78 is 0. The lowest BCUT2D eigenvalue weighted by Gasteiger charge is -2.11. The molecule has 1 N–H and O–H groups in total. The van der Waals surface area contributed by atoms with Gasteiger partial charge in [0.15, 0.2) is 11.1 Å². The molecule has 1 aliphatic rings.